The van der Waals surface area contributed by atoms with Gasteiger partial charge in [-0.2, -0.15) is 0 Å². The van der Waals surface area contributed by atoms with Gasteiger partial charge in [0.15, 0.2) is 11.6 Å². The van der Waals surface area contributed by atoms with Gasteiger partial charge in [0, 0.05) is 30.8 Å². The Morgan fingerprint density at radius 3 is 2.55 bits per heavy atom. The number of rotatable bonds is 4. The van der Waals surface area contributed by atoms with Crippen LogP contribution in [0.25, 0.3) is 11.3 Å². The van der Waals surface area contributed by atoms with Gasteiger partial charge in [-0.1, -0.05) is 24.6 Å². The van der Waals surface area contributed by atoms with Crippen molar-refractivity contribution in [2.24, 2.45) is 0 Å². The van der Waals surface area contributed by atoms with E-state index in [9.17, 15) is 13.6 Å². The number of carbonyl (C=O) groups is 1. The molecule has 4 rings (SSSR count). The van der Waals surface area contributed by atoms with Crippen LogP contribution < -0.4 is 5.32 Å². The van der Waals surface area contributed by atoms with Gasteiger partial charge in [0.1, 0.15) is 17.3 Å². The van der Waals surface area contributed by atoms with Crippen molar-refractivity contribution < 1.29 is 13.6 Å². The summed E-state index contributed by atoms with van der Waals surface area (Å²) in [6, 6.07) is 11.7. The number of hydrogen-bond acceptors (Lipinski definition) is 3. The third kappa shape index (κ3) is 3.72. The Bertz CT molecular complexity index is 1060. The molecule has 0 spiro atoms. The van der Waals surface area contributed by atoms with E-state index in [1.807, 2.05) is 42.7 Å². The van der Waals surface area contributed by atoms with Crippen LogP contribution in [0.5, 0.6) is 0 Å². The number of carbonyl (C=O) groups excluding carboxylic acids is 1. The third-order valence-corrected chi connectivity index (χ3v) is 5.13. The fourth-order valence-electron chi connectivity index (χ4n) is 3.51. The first kappa shape index (κ1) is 19.1. The lowest BCUT2D eigenvalue weighted by Gasteiger charge is -2.28. The monoisotopic (exact) mass is 396 g/mol. The molecule has 0 bridgehead atoms. The molecule has 1 aliphatic heterocycles. The lowest BCUT2D eigenvalue weighted by molar-refractivity contribution is -0.132. The molecule has 1 aliphatic rings. The number of anilines is 2. The first-order chi connectivity index (χ1) is 14.0. The molecule has 0 unspecified atom stereocenters. The fourth-order valence-corrected chi connectivity index (χ4v) is 3.51. The number of halogens is 2. The standard InChI is InChI=1S/C22H22F2N4O/c1-3-20(29)27-10-11-28-19(13-27)26-21(15-6-9-17(23)18(24)12-15)22(28)25-16-7-4-14(2)5-8-16/h4-9,12,25H,3,10-11,13H2,1-2H3. The highest BCUT2D eigenvalue weighted by molar-refractivity contribution is 5.78. The topological polar surface area (TPSA) is 50.2 Å². The van der Waals surface area contributed by atoms with Crippen LogP contribution in [0.3, 0.4) is 0 Å². The zero-order chi connectivity index (χ0) is 20.5. The number of aryl methyl sites for hydroxylation is 1. The quantitative estimate of drug-likeness (QED) is 0.699. The lowest BCUT2D eigenvalue weighted by Crippen LogP contribution is -2.38. The molecule has 0 atom stereocenters. The normalized spacial score (nSPS) is 13.3. The molecule has 29 heavy (non-hydrogen) atoms. The van der Waals surface area contributed by atoms with Crippen molar-refractivity contribution in [2.45, 2.75) is 33.4 Å². The van der Waals surface area contributed by atoms with Crippen molar-refractivity contribution in [3.63, 3.8) is 0 Å². The number of amides is 1. The average Bonchev–Trinajstić information content (AvgIpc) is 3.08. The molecule has 0 fully saturated rings. The molecule has 0 radical (unpaired) electrons. The zero-order valence-electron chi connectivity index (χ0n) is 16.4. The first-order valence-corrected chi connectivity index (χ1v) is 9.62. The molecule has 1 amide bonds. The van der Waals surface area contributed by atoms with Crippen molar-refractivity contribution in [3.05, 3.63) is 65.5 Å². The van der Waals surface area contributed by atoms with Gasteiger partial charge in [-0.05, 0) is 37.3 Å². The van der Waals surface area contributed by atoms with Gasteiger partial charge in [-0.3, -0.25) is 4.79 Å². The smallest absolute Gasteiger partial charge is 0.222 e. The summed E-state index contributed by atoms with van der Waals surface area (Å²) in [4.78, 5) is 18.6. The number of nitrogens with one attached hydrogen (secondary N) is 1. The summed E-state index contributed by atoms with van der Waals surface area (Å²) < 4.78 is 29.3. The van der Waals surface area contributed by atoms with Crippen molar-refractivity contribution in [2.75, 3.05) is 11.9 Å². The molecule has 0 aliphatic carbocycles. The maximum atomic E-state index is 13.9. The molecule has 0 saturated heterocycles. The van der Waals surface area contributed by atoms with Crippen LogP contribution in [0.1, 0.15) is 24.7 Å². The molecule has 3 aromatic rings. The van der Waals surface area contributed by atoms with Gasteiger partial charge >= 0.3 is 0 Å². The van der Waals surface area contributed by atoms with Crippen molar-refractivity contribution >= 4 is 17.4 Å². The Morgan fingerprint density at radius 1 is 1.10 bits per heavy atom. The highest BCUT2D eigenvalue weighted by Gasteiger charge is 2.26. The summed E-state index contributed by atoms with van der Waals surface area (Å²) in [6.45, 7) is 5.39. The highest BCUT2D eigenvalue weighted by Crippen LogP contribution is 2.34. The number of fused-ring (bicyclic) bond motifs is 1. The molecule has 5 nitrogen and oxygen atoms in total. The predicted molar refractivity (Wildman–Crippen MR) is 108 cm³/mol. The van der Waals surface area contributed by atoms with Gasteiger partial charge in [-0.15, -0.1) is 0 Å². The van der Waals surface area contributed by atoms with Crippen LogP contribution in [0.15, 0.2) is 42.5 Å². The molecule has 1 N–H and O–H groups in total. The summed E-state index contributed by atoms with van der Waals surface area (Å²) in [7, 11) is 0. The second-order valence-corrected chi connectivity index (χ2v) is 7.17. The largest absolute Gasteiger partial charge is 0.340 e. The Hall–Kier alpha value is -3.22. The van der Waals surface area contributed by atoms with Gasteiger partial charge in [0.25, 0.3) is 0 Å². The van der Waals surface area contributed by atoms with Crippen LogP contribution >= 0.6 is 0 Å². The number of benzene rings is 2. The minimum atomic E-state index is -0.919. The molecule has 7 heteroatoms. The Balaban J connectivity index is 1.78. The van der Waals surface area contributed by atoms with E-state index in [2.05, 4.69) is 10.3 Å². The highest BCUT2D eigenvalue weighted by atomic mass is 19.2. The summed E-state index contributed by atoms with van der Waals surface area (Å²) in [5.74, 6) is -0.324. The minimum Gasteiger partial charge on any atom is -0.340 e. The molecule has 2 aromatic carbocycles. The summed E-state index contributed by atoms with van der Waals surface area (Å²) >= 11 is 0. The van der Waals surface area contributed by atoms with E-state index in [1.54, 1.807) is 4.90 Å². The number of hydrogen-bond donors (Lipinski definition) is 1. The molecule has 1 aromatic heterocycles. The predicted octanol–water partition coefficient (Wildman–Crippen LogP) is 4.63. The van der Waals surface area contributed by atoms with E-state index in [0.717, 1.165) is 23.4 Å². The van der Waals surface area contributed by atoms with Crippen LogP contribution in [0.2, 0.25) is 0 Å². The van der Waals surface area contributed by atoms with Crippen molar-refractivity contribution in [3.8, 4) is 11.3 Å². The fraction of sp³-hybridized carbons (Fsp3) is 0.273. The number of nitrogens with zero attached hydrogens (tertiary/aromatic N) is 3. The number of imidazole rings is 1. The second kappa shape index (κ2) is 7.66. The molecule has 2 heterocycles. The summed E-state index contributed by atoms with van der Waals surface area (Å²) in [5, 5.41) is 3.38. The first-order valence-electron chi connectivity index (χ1n) is 9.62. The van der Waals surface area contributed by atoms with E-state index >= 15 is 0 Å². The summed E-state index contributed by atoms with van der Waals surface area (Å²) in [6.07, 6.45) is 0.436. The van der Waals surface area contributed by atoms with Gasteiger partial charge in [-0.25, -0.2) is 13.8 Å². The molecular formula is C22H22F2N4O. The SMILES string of the molecule is CCC(=O)N1CCn2c(nc(-c3ccc(F)c(F)c3)c2Nc2ccc(C)cc2)C1. The number of aromatic nitrogens is 2. The van der Waals surface area contributed by atoms with Crippen LogP contribution in [0, 0.1) is 18.6 Å². The Morgan fingerprint density at radius 2 is 1.86 bits per heavy atom. The maximum Gasteiger partial charge on any atom is 0.222 e. The molecule has 0 saturated carbocycles. The minimum absolute atomic E-state index is 0.0710. The average molecular weight is 396 g/mol. The molecular weight excluding hydrogens is 374 g/mol. The van der Waals surface area contributed by atoms with E-state index in [0.29, 0.717) is 49.0 Å². The van der Waals surface area contributed by atoms with Crippen LogP contribution in [0.4, 0.5) is 20.3 Å². The Kier molecular flexibility index (Phi) is 5.05. The van der Waals surface area contributed by atoms with Crippen LogP contribution in [-0.2, 0) is 17.9 Å². The zero-order valence-corrected chi connectivity index (χ0v) is 16.4. The lowest BCUT2D eigenvalue weighted by atomic mass is 10.1. The van der Waals surface area contributed by atoms with Crippen molar-refractivity contribution in [1.82, 2.24) is 14.5 Å². The van der Waals surface area contributed by atoms with Gasteiger partial charge in [0.05, 0.1) is 6.54 Å². The second-order valence-electron chi connectivity index (χ2n) is 7.17. The van der Waals surface area contributed by atoms with E-state index in [4.69, 9.17) is 0 Å². The summed E-state index contributed by atoms with van der Waals surface area (Å²) in [5.41, 5.74) is 3.02. The van der Waals surface area contributed by atoms with Gasteiger partial charge < -0.3 is 14.8 Å². The van der Waals surface area contributed by atoms with E-state index in [-0.39, 0.29) is 5.91 Å². The van der Waals surface area contributed by atoms with Crippen LogP contribution in [-0.4, -0.2) is 26.9 Å². The Labute approximate surface area is 168 Å². The van der Waals surface area contributed by atoms with Gasteiger partial charge in [0.2, 0.25) is 5.91 Å². The van der Waals surface area contributed by atoms with E-state index < -0.39 is 11.6 Å². The molecule has 150 valence electrons. The maximum absolute atomic E-state index is 13.9. The third-order valence-electron chi connectivity index (χ3n) is 5.13. The van der Waals surface area contributed by atoms with E-state index in [1.165, 1.54) is 6.07 Å². The van der Waals surface area contributed by atoms with Crippen molar-refractivity contribution in [1.29, 1.82) is 0 Å².